The molecule has 2 radical (unpaired) electrons. The molecule has 2 rings (SSSR count). The number of hydrogen-bond donors (Lipinski definition) is 0. The van der Waals surface area contributed by atoms with Gasteiger partial charge in [-0.2, -0.15) is 0 Å². The maximum atomic E-state index is 4.11. The van der Waals surface area contributed by atoms with Crippen LogP contribution in [0, 0.1) is 12.1 Å². The Morgan fingerprint density at radius 2 is 2.40 bits per heavy atom. The third-order valence-corrected chi connectivity index (χ3v) is 1.37. The Morgan fingerprint density at radius 1 is 1.40 bits per heavy atom. The highest BCUT2D eigenvalue weighted by Crippen LogP contribution is 2.06. The Morgan fingerprint density at radius 3 is 3.30 bits per heavy atom. The fraction of sp³-hybridized carbons (Fsp3) is 0. The van der Waals surface area contributed by atoms with Crippen LogP contribution in [-0.4, -0.2) is 4.98 Å². The van der Waals surface area contributed by atoms with Gasteiger partial charge in [-0.3, -0.25) is 4.98 Å². The number of benzene rings is 1. The highest BCUT2D eigenvalue weighted by Gasteiger charge is 1.87. The topological polar surface area (TPSA) is 12.9 Å². The largest absolute Gasteiger partial charge is 0.256 e. The number of nitrogens with zero attached hydrogens (tertiary/aromatic N) is 1. The van der Waals surface area contributed by atoms with Gasteiger partial charge in [0, 0.05) is 17.6 Å². The molecule has 0 fully saturated rings. The van der Waals surface area contributed by atoms with Crippen molar-refractivity contribution >= 4 is 10.9 Å². The molecule has 1 heteroatoms. The van der Waals surface area contributed by atoms with Gasteiger partial charge in [0.25, 0.3) is 0 Å². The molecular weight excluding hydrogens is 122 g/mol. The van der Waals surface area contributed by atoms with Crippen molar-refractivity contribution in [1.29, 1.82) is 0 Å². The number of pyridine rings is 1. The molecule has 0 unspecified atom stereocenters. The average Bonchev–Trinajstić information content (AvgIpc) is 2.05. The zero-order valence-corrected chi connectivity index (χ0v) is 5.33. The maximum absolute atomic E-state index is 4.11. The summed E-state index contributed by atoms with van der Waals surface area (Å²) < 4.78 is 0. The van der Waals surface area contributed by atoms with Crippen molar-refractivity contribution in [3.63, 3.8) is 0 Å². The van der Waals surface area contributed by atoms with Crippen LogP contribution in [0.25, 0.3) is 10.9 Å². The smallest absolute Gasteiger partial charge is 0.0781 e. The van der Waals surface area contributed by atoms with E-state index in [1.165, 1.54) is 0 Å². The van der Waals surface area contributed by atoms with E-state index in [1.54, 1.807) is 12.3 Å². The molecule has 0 aliphatic carbocycles. The Bertz CT molecular complexity index is 276. The quantitative estimate of drug-likeness (QED) is 0.526. The van der Waals surface area contributed by atoms with Gasteiger partial charge in [-0.25, -0.2) is 0 Å². The van der Waals surface area contributed by atoms with Gasteiger partial charge < -0.3 is 0 Å². The molecule has 1 aromatic carbocycles. The standard InChI is InChI=1S/C9H5N/c1-2-6-9-8(4-1)5-3-7-10-9/h2-5,7H. The summed E-state index contributed by atoms with van der Waals surface area (Å²) in [5.41, 5.74) is 0.904. The molecule has 46 valence electrons. The van der Waals surface area contributed by atoms with Crippen molar-refractivity contribution in [2.75, 3.05) is 0 Å². The van der Waals surface area contributed by atoms with Crippen LogP contribution in [0.1, 0.15) is 0 Å². The van der Waals surface area contributed by atoms with Crippen LogP contribution in [-0.2, 0) is 0 Å². The molecule has 1 aromatic heterocycles. The lowest BCUT2D eigenvalue weighted by molar-refractivity contribution is 1.41. The summed E-state index contributed by atoms with van der Waals surface area (Å²) >= 11 is 0. The van der Waals surface area contributed by atoms with Gasteiger partial charge in [-0.15, -0.1) is 0 Å². The van der Waals surface area contributed by atoms with Crippen molar-refractivity contribution in [1.82, 2.24) is 4.98 Å². The van der Waals surface area contributed by atoms with Crippen molar-refractivity contribution in [3.8, 4) is 0 Å². The Hall–Kier alpha value is -1.37. The van der Waals surface area contributed by atoms with Gasteiger partial charge >= 0.3 is 0 Å². The van der Waals surface area contributed by atoms with Crippen LogP contribution in [0.4, 0.5) is 0 Å². The molecule has 0 bridgehead atoms. The number of rotatable bonds is 0. The van der Waals surface area contributed by atoms with E-state index in [-0.39, 0.29) is 0 Å². The van der Waals surface area contributed by atoms with Crippen LogP contribution in [0.5, 0.6) is 0 Å². The summed E-state index contributed by atoms with van der Waals surface area (Å²) in [5, 5.41) is 1.09. The summed E-state index contributed by atoms with van der Waals surface area (Å²) in [4.78, 5) is 4.11. The zero-order valence-electron chi connectivity index (χ0n) is 5.33. The minimum Gasteiger partial charge on any atom is -0.256 e. The maximum Gasteiger partial charge on any atom is 0.0781 e. The molecule has 0 saturated heterocycles. The van der Waals surface area contributed by atoms with Gasteiger partial charge in [0.1, 0.15) is 0 Å². The van der Waals surface area contributed by atoms with Gasteiger partial charge in [0.15, 0.2) is 0 Å². The first-order chi connectivity index (χ1) is 4.97. The molecule has 2 aromatic rings. The zero-order chi connectivity index (χ0) is 6.81. The second-order valence-corrected chi connectivity index (χ2v) is 2.04. The molecule has 0 spiro atoms. The molecule has 0 saturated carbocycles. The van der Waals surface area contributed by atoms with Gasteiger partial charge in [-0.1, -0.05) is 6.07 Å². The highest BCUT2D eigenvalue weighted by atomic mass is 14.6. The molecule has 0 aliphatic heterocycles. The monoisotopic (exact) mass is 127 g/mol. The molecule has 0 atom stereocenters. The SMILES string of the molecule is [c]1c[c]c2ncccc2c1. The van der Waals surface area contributed by atoms with E-state index < -0.39 is 0 Å². The first-order valence-corrected chi connectivity index (χ1v) is 3.09. The average molecular weight is 127 g/mol. The van der Waals surface area contributed by atoms with E-state index in [1.807, 2.05) is 18.2 Å². The summed E-state index contributed by atoms with van der Waals surface area (Å²) in [6, 6.07) is 13.5. The van der Waals surface area contributed by atoms with E-state index in [0.717, 1.165) is 10.9 Å². The molecule has 0 amide bonds. The van der Waals surface area contributed by atoms with Crippen LogP contribution in [0.2, 0.25) is 0 Å². The minimum absolute atomic E-state index is 0.904. The summed E-state index contributed by atoms with van der Waals surface area (Å²) in [6.07, 6.45) is 1.76. The molecule has 1 nitrogen and oxygen atoms in total. The fourth-order valence-corrected chi connectivity index (χ4v) is 0.896. The molecule has 10 heavy (non-hydrogen) atoms. The van der Waals surface area contributed by atoms with Crippen molar-refractivity contribution < 1.29 is 0 Å². The molecule has 0 aliphatic rings. The minimum atomic E-state index is 0.904. The lowest BCUT2D eigenvalue weighted by Gasteiger charge is -1.90. The highest BCUT2D eigenvalue weighted by molar-refractivity contribution is 5.76. The molecular formula is C9H5N. The van der Waals surface area contributed by atoms with Crippen LogP contribution in [0.15, 0.2) is 30.5 Å². The summed E-state index contributed by atoms with van der Waals surface area (Å²) in [5.74, 6) is 0. The third-order valence-electron chi connectivity index (χ3n) is 1.37. The first-order valence-electron chi connectivity index (χ1n) is 3.09. The lowest BCUT2D eigenvalue weighted by atomic mass is 10.2. The number of fused-ring (bicyclic) bond motifs is 1. The predicted octanol–water partition coefficient (Wildman–Crippen LogP) is 1.84. The normalized spacial score (nSPS) is 10.0. The van der Waals surface area contributed by atoms with Crippen LogP contribution >= 0.6 is 0 Å². The Labute approximate surface area is 59.3 Å². The van der Waals surface area contributed by atoms with Gasteiger partial charge in [0.05, 0.1) is 5.52 Å². The molecule has 1 heterocycles. The van der Waals surface area contributed by atoms with E-state index in [0.29, 0.717) is 0 Å². The first kappa shape index (κ1) is 5.42. The third kappa shape index (κ3) is 0.760. The van der Waals surface area contributed by atoms with Crippen molar-refractivity contribution in [2.45, 2.75) is 0 Å². The van der Waals surface area contributed by atoms with Crippen molar-refractivity contribution in [3.05, 3.63) is 42.6 Å². The van der Waals surface area contributed by atoms with E-state index in [4.69, 9.17) is 0 Å². The Balaban J connectivity index is 2.89. The number of hydrogen-bond acceptors (Lipinski definition) is 1. The predicted molar refractivity (Wildman–Crippen MR) is 39.4 cm³/mol. The van der Waals surface area contributed by atoms with Crippen molar-refractivity contribution in [2.24, 2.45) is 0 Å². The summed E-state index contributed by atoms with van der Waals surface area (Å²) in [6.45, 7) is 0. The van der Waals surface area contributed by atoms with E-state index >= 15 is 0 Å². The summed E-state index contributed by atoms with van der Waals surface area (Å²) in [7, 11) is 0. The van der Waals surface area contributed by atoms with E-state index in [2.05, 4.69) is 17.1 Å². The molecule has 0 N–H and O–H groups in total. The van der Waals surface area contributed by atoms with E-state index in [9.17, 15) is 0 Å². The Kier molecular flexibility index (Phi) is 1.14. The number of aromatic nitrogens is 1. The van der Waals surface area contributed by atoms with Gasteiger partial charge in [-0.05, 0) is 24.3 Å². The second kappa shape index (κ2) is 2.10. The fourth-order valence-electron chi connectivity index (χ4n) is 0.896. The second-order valence-electron chi connectivity index (χ2n) is 2.04. The van der Waals surface area contributed by atoms with Gasteiger partial charge in [0.2, 0.25) is 0 Å². The lowest BCUT2D eigenvalue weighted by Crippen LogP contribution is -1.74. The van der Waals surface area contributed by atoms with Crippen LogP contribution in [0.3, 0.4) is 0 Å². The van der Waals surface area contributed by atoms with Crippen LogP contribution < -0.4 is 0 Å².